The Morgan fingerprint density at radius 1 is 1.00 bits per heavy atom. The molecule has 1 amide bonds. The van der Waals surface area contributed by atoms with E-state index < -0.39 is 17.7 Å². The number of hydrogen-bond donors (Lipinski definition) is 3. The van der Waals surface area contributed by atoms with Crippen molar-refractivity contribution >= 4 is 39.9 Å². The number of carbonyl (C=O) groups is 1. The molecule has 0 unspecified atom stereocenters. The highest BCUT2D eigenvalue weighted by Crippen LogP contribution is 2.30. The van der Waals surface area contributed by atoms with Crippen molar-refractivity contribution in [1.82, 2.24) is 20.3 Å². The lowest BCUT2D eigenvalue weighted by atomic mass is 10.1. The Balaban J connectivity index is 1.28. The molecule has 0 fully saturated rings. The average molecular weight is 531 g/mol. The zero-order valence-electron chi connectivity index (χ0n) is 20.6. The van der Waals surface area contributed by atoms with Crippen LogP contribution in [0, 0.1) is 11.6 Å². The number of rotatable bonds is 8. The highest BCUT2D eigenvalue weighted by molar-refractivity contribution is 7.15. The van der Waals surface area contributed by atoms with E-state index in [1.165, 1.54) is 6.07 Å². The Labute approximate surface area is 222 Å². The molecule has 2 aromatic carbocycles. The van der Waals surface area contributed by atoms with Crippen LogP contribution >= 0.6 is 11.3 Å². The van der Waals surface area contributed by atoms with Gasteiger partial charge in [-0.1, -0.05) is 12.1 Å². The van der Waals surface area contributed by atoms with Crippen molar-refractivity contribution in [3.05, 3.63) is 101 Å². The number of amides is 1. The number of fused-ring (bicyclic) bond motifs is 1. The van der Waals surface area contributed by atoms with Crippen LogP contribution in [0.3, 0.4) is 0 Å². The Bertz CT molecular complexity index is 1620. The zero-order chi connectivity index (χ0) is 26.6. The molecule has 0 aliphatic rings. The molecule has 3 N–H and O–H groups in total. The van der Waals surface area contributed by atoms with E-state index in [0.29, 0.717) is 29.3 Å². The lowest BCUT2D eigenvalue weighted by Gasteiger charge is -2.16. The van der Waals surface area contributed by atoms with Crippen LogP contribution in [0.1, 0.15) is 33.8 Å². The Morgan fingerprint density at radius 2 is 1.87 bits per heavy atom. The first kappa shape index (κ1) is 25.2. The van der Waals surface area contributed by atoms with Gasteiger partial charge in [-0.3, -0.25) is 9.78 Å². The van der Waals surface area contributed by atoms with Crippen molar-refractivity contribution in [3.8, 4) is 10.4 Å². The van der Waals surface area contributed by atoms with E-state index in [1.54, 1.807) is 42.8 Å². The molecule has 5 aromatic rings. The van der Waals surface area contributed by atoms with E-state index in [-0.39, 0.29) is 5.91 Å². The highest BCUT2D eigenvalue weighted by Gasteiger charge is 2.17. The quantitative estimate of drug-likeness (QED) is 0.222. The Morgan fingerprint density at radius 3 is 2.68 bits per heavy atom. The van der Waals surface area contributed by atoms with Crippen molar-refractivity contribution in [2.75, 3.05) is 17.7 Å². The van der Waals surface area contributed by atoms with Crippen LogP contribution in [-0.4, -0.2) is 27.9 Å². The van der Waals surface area contributed by atoms with Crippen LogP contribution < -0.4 is 16.0 Å². The highest BCUT2D eigenvalue weighted by atomic mass is 32.1. The summed E-state index contributed by atoms with van der Waals surface area (Å²) in [5.74, 6) is -1.12. The largest absolute Gasteiger partial charge is 0.372 e. The van der Waals surface area contributed by atoms with E-state index >= 15 is 0 Å². The van der Waals surface area contributed by atoms with Gasteiger partial charge in [0.05, 0.1) is 35.4 Å². The fourth-order valence-electron chi connectivity index (χ4n) is 3.95. The fourth-order valence-corrected chi connectivity index (χ4v) is 4.90. The van der Waals surface area contributed by atoms with E-state index in [0.717, 1.165) is 38.5 Å². The summed E-state index contributed by atoms with van der Waals surface area (Å²) >= 11 is 1.63. The molecule has 0 saturated carbocycles. The molecule has 0 aliphatic heterocycles. The normalized spacial score (nSPS) is 11.8. The fraction of sp³-hybridized carbons (Fsp3) is 0.143. The standard InChI is InChI=1S/C28H24F2N6OS/c1-16(17-5-8-21(29)22(30)12-17)35-28(37)20-4-3-11-32-27(20)34-14-19-7-10-25(38-19)18-6-9-23-24(13-18)36-26(31-2)15-33-23/h3-13,15-16H,14H2,1-2H3,(H,31,36)(H,32,34)(H,35,37)/t16-/m0/s1. The van der Waals surface area contributed by atoms with E-state index in [4.69, 9.17) is 0 Å². The maximum absolute atomic E-state index is 13.6. The number of benzene rings is 2. The predicted octanol–water partition coefficient (Wildman–Crippen LogP) is 6.18. The first-order valence-corrected chi connectivity index (χ1v) is 12.7. The van der Waals surface area contributed by atoms with Gasteiger partial charge in [0.2, 0.25) is 0 Å². The minimum absolute atomic E-state index is 0.354. The van der Waals surface area contributed by atoms with Gasteiger partial charge in [-0.2, -0.15) is 0 Å². The summed E-state index contributed by atoms with van der Waals surface area (Å²) in [5, 5.41) is 9.08. The lowest BCUT2D eigenvalue weighted by molar-refractivity contribution is 0.0940. The van der Waals surface area contributed by atoms with Gasteiger partial charge in [-0.05, 0) is 66.6 Å². The van der Waals surface area contributed by atoms with E-state index in [9.17, 15) is 13.6 Å². The molecule has 5 rings (SSSR count). The van der Waals surface area contributed by atoms with Crippen LogP contribution in [-0.2, 0) is 6.54 Å². The second-order valence-electron chi connectivity index (χ2n) is 8.60. The Hall–Kier alpha value is -4.44. The van der Waals surface area contributed by atoms with Crippen LogP contribution in [0.25, 0.3) is 21.5 Å². The molecule has 10 heteroatoms. The van der Waals surface area contributed by atoms with Crippen LogP contribution in [0.4, 0.5) is 20.4 Å². The van der Waals surface area contributed by atoms with Gasteiger partial charge in [0.25, 0.3) is 5.91 Å². The minimum atomic E-state index is -0.956. The second-order valence-corrected chi connectivity index (χ2v) is 9.76. The zero-order valence-corrected chi connectivity index (χ0v) is 21.4. The predicted molar refractivity (Wildman–Crippen MR) is 146 cm³/mol. The number of nitrogens with zero attached hydrogens (tertiary/aromatic N) is 3. The molecular weight excluding hydrogens is 506 g/mol. The molecular formula is C28H24F2N6OS. The van der Waals surface area contributed by atoms with Gasteiger partial charge in [0.15, 0.2) is 11.6 Å². The lowest BCUT2D eigenvalue weighted by Crippen LogP contribution is -2.27. The summed E-state index contributed by atoms with van der Waals surface area (Å²) < 4.78 is 26.9. The molecule has 7 nitrogen and oxygen atoms in total. The number of nitrogens with one attached hydrogen (secondary N) is 3. The number of halogens is 2. The summed E-state index contributed by atoms with van der Waals surface area (Å²) in [6.07, 6.45) is 3.31. The van der Waals surface area contributed by atoms with Gasteiger partial charge < -0.3 is 16.0 Å². The van der Waals surface area contributed by atoms with Crippen LogP contribution in [0.5, 0.6) is 0 Å². The maximum atomic E-state index is 13.6. The second kappa shape index (κ2) is 10.9. The number of anilines is 2. The molecule has 0 bridgehead atoms. The third-order valence-electron chi connectivity index (χ3n) is 6.02. The van der Waals surface area contributed by atoms with Crippen molar-refractivity contribution < 1.29 is 13.6 Å². The SMILES string of the molecule is CNc1cnc2ccc(-c3ccc(CNc4ncccc4C(=O)N[C@@H](C)c4ccc(F)c(F)c4)s3)cc2n1. The van der Waals surface area contributed by atoms with E-state index in [1.807, 2.05) is 37.4 Å². The van der Waals surface area contributed by atoms with Gasteiger partial charge in [-0.15, -0.1) is 11.3 Å². The van der Waals surface area contributed by atoms with Crippen molar-refractivity contribution in [3.63, 3.8) is 0 Å². The summed E-state index contributed by atoms with van der Waals surface area (Å²) in [5.41, 5.74) is 3.49. The van der Waals surface area contributed by atoms with Crippen molar-refractivity contribution in [2.45, 2.75) is 19.5 Å². The minimum Gasteiger partial charge on any atom is -0.372 e. The summed E-state index contributed by atoms with van der Waals surface area (Å²) in [7, 11) is 1.81. The topological polar surface area (TPSA) is 91.8 Å². The van der Waals surface area contributed by atoms with Crippen LogP contribution in [0.15, 0.2) is 73.1 Å². The van der Waals surface area contributed by atoms with Gasteiger partial charge in [0.1, 0.15) is 11.6 Å². The maximum Gasteiger partial charge on any atom is 0.255 e. The van der Waals surface area contributed by atoms with E-state index in [2.05, 4.69) is 30.9 Å². The third kappa shape index (κ3) is 5.45. The van der Waals surface area contributed by atoms with Crippen molar-refractivity contribution in [1.29, 1.82) is 0 Å². The first-order chi connectivity index (χ1) is 18.4. The number of thiophene rings is 1. The first-order valence-electron chi connectivity index (χ1n) is 11.9. The van der Waals surface area contributed by atoms with Crippen molar-refractivity contribution in [2.24, 2.45) is 0 Å². The van der Waals surface area contributed by atoms with Crippen LogP contribution in [0.2, 0.25) is 0 Å². The third-order valence-corrected chi connectivity index (χ3v) is 7.15. The molecule has 3 heterocycles. The molecule has 3 aromatic heterocycles. The molecule has 0 saturated heterocycles. The number of aromatic nitrogens is 3. The summed E-state index contributed by atoms with van der Waals surface area (Å²) in [6.45, 7) is 2.18. The Kier molecular flexibility index (Phi) is 7.23. The smallest absolute Gasteiger partial charge is 0.255 e. The molecule has 38 heavy (non-hydrogen) atoms. The molecule has 0 radical (unpaired) electrons. The molecule has 192 valence electrons. The van der Waals surface area contributed by atoms with Gasteiger partial charge in [0, 0.05) is 23.0 Å². The summed E-state index contributed by atoms with van der Waals surface area (Å²) in [4.78, 5) is 28.5. The molecule has 1 atom stereocenters. The monoisotopic (exact) mass is 530 g/mol. The number of hydrogen-bond acceptors (Lipinski definition) is 7. The van der Waals surface area contributed by atoms with Gasteiger partial charge in [-0.25, -0.2) is 18.7 Å². The molecule has 0 spiro atoms. The number of pyridine rings is 1. The number of carbonyl (C=O) groups excluding carboxylic acids is 1. The summed E-state index contributed by atoms with van der Waals surface area (Å²) in [6, 6.07) is 16.5. The molecule has 0 aliphatic carbocycles. The average Bonchev–Trinajstić information content (AvgIpc) is 3.42. The van der Waals surface area contributed by atoms with Gasteiger partial charge >= 0.3 is 0 Å².